The van der Waals surface area contributed by atoms with Gasteiger partial charge in [0.1, 0.15) is 0 Å². The van der Waals surface area contributed by atoms with Crippen LogP contribution in [0.2, 0.25) is 0 Å². The highest BCUT2D eigenvalue weighted by Gasteiger charge is 2.45. The first-order valence-corrected chi connectivity index (χ1v) is 5.79. The average molecular weight is 259 g/mol. The maximum absolute atomic E-state index is 11.4. The number of rotatable bonds is 3. The van der Waals surface area contributed by atoms with Crippen molar-refractivity contribution in [2.24, 2.45) is 0 Å². The van der Waals surface area contributed by atoms with Gasteiger partial charge in [0.15, 0.2) is 0 Å². The van der Waals surface area contributed by atoms with Crippen molar-refractivity contribution in [1.29, 1.82) is 0 Å². The standard InChI is InChI=1S/C14H13NO4/c1-14(15(18)19)9-11(13(16)17)7-8-12(14)10-5-3-2-4-6-10/h2-8H,9H2,1H3,(H,16,17). The molecule has 0 aliphatic heterocycles. The third kappa shape index (κ3) is 2.27. The molecule has 5 heteroatoms. The lowest BCUT2D eigenvalue weighted by Crippen LogP contribution is -2.39. The van der Waals surface area contributed by atoms with E-state index in [4.69, 9.17) is 5.11 Å². The van der Waals surface area contributed by atoms with Crippen molar-refractivity contribution < 1.29 is 14.8 Å². The zero-order valence-corrected chi connectivity index (χ0v) is 10.4. The van der Waals surface area contributed by atoms with Crippen molar-refractivity contribution >= 4 is 11.5 Å². The highest BCUT2D eigenvalue weighted by atomic mass is 16.6. The van der Waals surface area contributed by atoms with E-state index < -0.39 is 16.4 Å². The average Bonchev–Trinajstić information content (AvgIpc) is 2.39. The molecular weight excluding hydrogens is 246 g/mol. The van der Waals surface area contributed by atoms with Crippen molar-refractivity contribution in [3.63, 3.8) is 0 Å². The van der Waals surface area contributed by atoms with Crippen LogP contribution >= 0.6 is 0 Å². The summed E-state index contributed by atoms with van der Waals surface area (Å²) in [5.41, 5.74) is -0.0894. The largest absolute Gasteiger partial charge is 0.478 e. The van der Waals surface area contributed by atoms with Crippen molar-refractivity contribution in [2.45, 2.75) is 18.9 Å². The first-order valence-electron chi connectivity index (χ1n) is 5.79. The zero-order valence-electron chi connectivity index (χ0n) is 10.4. The van der Waals surface area contributed by atoms with Gasteiger partial charge >= 0.3 is 5.97 Å². The topological polar surface area (TPSA) is 80.4 Å². The number of aliphatic carboxylic acids is 1. The Morgan fingerprint density at radius 3 is 2.47 bits per heavy atom. The Kier molecular flexibility index (Phi) is 3.21. The predicted octanol–water partition coefficient (Wildman–Crippen LogP) is 2.52. The van der Waals surface area contributed by atoms with E-state index in [0.717, 1.165) is 5.56 Å². The van der Waals surface area contributed by atoms with Gasteiger partial charge in [-0.1, -0.05) is 42.5 Å². The molecular formula is C14H13NO4. The van der Waals surface area contributed by atoms with Crippen LogP contribution in [-0.4, -0.2) is 21.5 Å². The summed E-state index contributed by atoms with van der Waals surface area (Å²) in [5.74, 6) is -1.11. The molecule has 0 saturated carbocycles. The normalized spacial score (nSPS) is 22.4. The van der Waals surface area contributed by atoms with Crippen LogP contribution in [0.3, 0.4) is 0 Å². The third-order valence-electron chi connectivity index (χ3n) is 3.33. The molecule has 0 bridgehead atoms. The minimum absolute atomic E-state index is 0.0545. The van der Waals surface area contributed by atoms with E-state index in [0.29, 0.717) is 5.57 Å². The smallest absolute Gasteiger partial charge is 0.331 e. The van der Waals surface area contributed by atoms with Crippen LogP contribution in [0.15, 0.2) is 48.1 Å². The summed E-state index contributed by atoms with van der Waals surface area (Å²) in [4.78, 5) is 21.9. The van der Waals surface area contributed by atoms with Crippen molar-refractivity contribution in [3.05, 3.63) is 63.7 Å². The number of carboxylic acids is 1. The second-order valence-corrected chi connectivity index (χ2v) is 4.65. The lowest BCUT2D eigenvalue weighted by Gasteiger charge is -2.27. The molecule has 0 spiro atoms. The van der Waals surface area contributed by atoms with Crippen molar-refractivity contribution in [2.75, 3.05) is 0 Å². The summed E-state index contributed by atoms with van der Waals surface area (Å²) in [6.45, 7) is 1.46. The van der Waals surface area contributed by atoms with Crippen LogP contribution in [0.1, 0.15) is 18.9 Å². The van der Waals surface area contributed by atoms with Gasteiger partial charge in [-0.25, -0.2) is 4.79 Å². The highest BCUT2D eigenvalue weighted by molar-refractivity contribution is 5.90. The number of hydrogen-bond donors (Lipinski definition) is 1. The fraction of sp³-hybridized carbons (Fsp3) is 0.214. The number of hydrogen-bond acceptors (Lipinski definition) is 3. The Morgan fingerprint density at radius 1 is 1.32 bits per heavy atom. The predicted molar refractivity (Wildman–Crippen MR) is 70.2 cm³/mol. The quantitative estimate of drug-likeness (QED) is 0.668. The van der Waals surface area contributed by atoms with Crippen LogP contribution in [-0.2, 0) is 4.79 Å². The second kappa shape index (κ2) is 4.68. The lowest BCUT2D eigenvalue weighted by atomic mass is 9.78. The molecule has 19 heavy (non-hydrogen) atoms. The Balaban J connectivity index is 2.55. The summed E-state index contributed by atoms with van der Waals surface area (Å²) in [6, 6.07) is 9.00. The van der Waals surface area contributed by atoms with Gasteiger partial charge in [-0.05, 0) is 5.56 Å². The SMILES string of the molecule is CC1([N+](=O)[O-])CC(C(=O)O)=CC=C1c1ccccc1. The Labute approximate surface area is 110 Å². The molecule has 0 aromatic heterocycles. The molecule has 1 atom stereocenters. The highest BCUT2D eigenvalue weighted by Crippen LogP contribution is 2.38. The van der Waals surface area contributed by atoms with Crippen molar-refractivity contribution in [1.82, 2.24) is 0 Å². The summed E-state index contributed by atoms with van der Waals surface area (Å²) in [7, 11) is 0. The van der Waals surface area contributed by atoms with Gasteiger partial charge in [-0.15, -0.1) is 0 Å². The van der Waals surface area contributed by atoms with Gasteiger partial charge in [0, 0.05) is 23.0 Å². The molecule has 0 heterocycles. The Hall–Kier alpha value is -2.43. The summed E-state index contributed by atoms with van der Waals surface area (Å²) >= 11 is 0. The van der Waals surface area contributed by atoms with Crippen LogP contribution in [0.4, 0.5) is 0 Å². The van der Waals surface area contributed by atoms with Gasteiger partial charge in [0.2, 0.25) is 5.54 Å². The molecule has 1 unspecified atom stereocenters. The molecule has 0 radical (unpaired) electrons. The Morgan fingerprint density at radius 2 is 1.95 bits per heavy atom. The number of nitrogens with zero attached hydrogens (tertiary/aromatic N) is 1. The van der Waals surface area contributed by atoms with Gasteiger partial charge in [-0.3, -0.25) is 10.1 Å². The molecule has 0 amide bonds. The fourth-order valence-electron chi connectivity index (χ4n) is 2.22. The number of benzene rings is 1. The number of carboxylic acid groups (broad SMARTS) is 1. The molecule has 2 rings (SSSR count). The molecule has 1 aliphatic rings. The van der Waals surface area contributed by atoms with Gasteiger partial charge in [0.05, 0.1) is 6.42 Å². The van der Waals surface area contributed by atoms with Gasteiger partial charge < -0.3 is 5.11 Å². The summed E-state index contributed by atoms with van der Waals surface area (Å²) in [5, 5.41) is 20.4. The van der Waals surface area contributed by atoms with E-state index in [-0.39, 0.29) is 12.0 Å². The first kappa shape index (κ1) is 13.0. The monoisotopic (exact) mass is 259 g/mol. The van der Waals surface area contributed by atoms with Crippen molar-refractivity contribution in [3.8, 4) is 0 Å². The van der Waals surface area contributed by atoms with Crippen LogP contribution in [0.5, 0.6) is 0 Å². The molecule has 1 aromatic carbocycles. The molecule has 1 N–H and O–H groups in total. The van der Waals surface area contributed by atoms with E-state index in [9.17, 15) is 14.9 Å². The van der Waals surface area contributed by atoms with E-state index in [1.165, 1.54) is 19.1 Å². The molecule has 5 nitrogen and oxygen atoms in total. The lowest BCUT2D eigenvalue weighted by molar-refractivity contribution is -0.545. The van der Waals surface area contributed by atoms with E-state index >= 15 is 0 Å². The third-order valence-corrected chi connectivity index (χ3v) is 3.33. The molecule has 1 aliphatic carbocycles. The van der Waals surface area contributed by atoms with E-state index in [1.807, 2.05) is 6.07 Å². The first-order chi connectivity index (χ1) is 8.95. The molecule has 98 valence electrons. The number of nitro groups is 1. The minimum Gasteiger partial charge on any atom is -0.478 e. The Bertz CT molecular complexity index is 589. The molecule has 0 saturated heterocycles. The zero-order chi connectivity index (χ0) is 14.0. The fourth-order valence-corrected chi connectivity index (χ4v) is 2.22. The van der Waals surface area contributed by atoms with Gasteiger partial charge in [-0.2, -0.15) is 0 Å². The molecule has 0 fully saturated rings. The van der Waals surface area contributed by atoms with Crippen LogP contribution in [0.25, 0.3) is 5.57 Å². The second-order valence-electron chi connectivity index (χ2n) is 4.65. The minimum atomic E-state index is -1.41. The number of allylic oxidation sites excluding steroid dienone is 2. The summed E-state index contributed by atoms with van der Waals surface area (Å²) in [6.07, 6.45) is 2.86. The van der Waals surface area contributed by atoms with Crippen LogP contribution < -0.4 is 0 Å². The van der Waals surface area contributed by atoms with Gasteiger partial charge in [0.25, 0.3) is 0 Å². The van der Waals surface area contributed by atoms with E-state index in [2.05, 4.69) is 0 Å². The maximum Gasteiger partial charge on any atom is 0.331 e. The molecule has 1 aromatic rings. The number of carbonyl (C=O) groups is 1. The van der Waals surface area contributed by atoms with Crippen LogP contribution in [0, 0.1) is 10.1 Å². The maximum atomic E-state index is 11.4. The van der Waals surface area contributed by atoms with E-state index in [1.54, 1.807) is 24.3 Å². The summed E-state index contributed by atoms with van der Waals surface area (Å²) < 4.78 is 0.